The van der Waals surface area contributed by atoms with E-state index in [1.165, 1.54) is 38.8 Å². The van der Waals surface area contributed by atoms with Crippen LogP contribution in [0.2, 0.25) is 0 Å². The van der Waals surface area contributed by atoms with Crippen LogP contribution in [-0.4, -0.2) is 97.8 Å². The molecule has 6 heteroatoms. The minimum Gasteiger partial charge on any atom is -0.373 e. The molecule has 0 amide bonds. The van der Waals surface area contributed by atoms with Gasteiger partial charge in [-0.3, -0.25) is 14.8 Å². The second kappa shape index (κ2) is 9.38. The first kappa shape index (κ1) is 19.9. The molecule has 1 N–H and O–H groups in total. The van der Waals surface area contributed by atoms with E-state index >= 15 is 0 Å². The molecular formula is C20H39N5O. The summed E-state index contributed by atoms with van der Waals surface area (Å²) in [6.07, 6.45) is 5.44. The molecule has 0 saturated carbocycles. The van der Waals surface area contributed by atoms with Gasteiger partial charge in [-0.2, -0.15) is 0 Å². The highest BCUT2D eigenvalue weighted by Gasteiger charge is 2.30. The van der Waals surface area contributed by atoms with E-state index in [-0.39, 0.29) is 5.60 Å². The molecule has 3 saturated heterocycles. The SMILES string of the molecule is CCNC(=NCCN1CCOC(C)(C)C1)N1CCC(N2CCCCC2)C1. The number of rotatable bonds is 5. The van der Waals surface area contributed by atoms with E-state index < -0.39 is 0 Å². The molecule has 1 atom stereocenters. The van der Waals surface area contributed by atoms with Crippen molar-refractivity contribution in [2.24, 2.45) is 4.99 Å². The number of morpholine rings is 1. The Labute approximate surface area is 159 Å². The van der Waals surface area contributed by atoms with Gasteiger partial charge in [-0.25, -0.2) is 0 Å². The molecule has 0 bridgehead atoms. The van der Waals surface area contributed by atoms with Crippen molar-refractivity contribution < 1.29 is 4.74 Å². The van der Waals surface area contributed by atoms with Crippen LogP contribution in [0, 0.1) is 0 Å². The summed E-state index contributed by atoms with van der Waals surface area (Å²) in [6, 6.07) is 0.721. The molecule has 6 nitrogen and oxygen atoms in total. The molecule has 3 fully saturated rings. The first-order valence-electron chi connectivity index (χ1n) is 10.7. The molecule has 26 heavy (non-hydrogen) atoms. The maximum Gasteiger partial charge on any atom is 0.194 e. The first-order valence-corrected chi connectivity index (χ1v) is 10.7. The third-order valence-electron chi connectivity index (χ3n) is 5.89. The summed E-state index contributed by atoms with van der Waals surface area (Å²) in [4.78, 5) is 12.6. The Morgan fingerprint density at radius 1 is 1.15 bits per heavy atom. The third kappa shape index (κ3) is 5.57. The van der Waals surface area contributed by atoms with E-state index in [1.807, 2.05) is 0 Å². The van der Waals surface area contributed by atoms with E-state index in [2.05, 4.69) is 40.8 Å². The Hall–Kier alpha value is -0.850. The number of aliphatic imine (C=N–C) groups is 1. The average molecular weight is 366 g/mol. The van der Waals surface area contributed by atoms with Crippen molar-refractivity contribution >= 4 is 5.96 Å². The number of likely N-dealkylation sites (tertiary alicyclic amines) is 2. The van der Waals surface area contributed by atoms with Gasteiger partial charge >= 0.3 is 0 Å². The van der Waals surface area contributed by atoms with Crippen molar-refractivity contribution in [3.63, 3.8) is 0 Å². The van der Waals surface area contributed by atoms with Gasteiger partial charge in [0.1, 0.15) is 0 Å². The van der Waals surface area contributed by atoms with Gasteiger partial charge in [-0.05, 0) is 53.1 Å². The number of ether oxygens (including phenoxy) is 1. The topological polar surface area (TPSA) is 43.3 Å². The van der Waals surface area contributed by atoms with E-state index in [0.29, 0.717) is 0 Å². The van der Waals surface area contributed by atoms with Crippen molar-refractivity contribution in [3.8, 4) is 0 Å². The van der Waals surface area contributed by atoms with Crippen LogP contribution in [0.25, 0.3) is 0 Å². The summed E-state index contributed by atoms with van der Waals surface area (Å²) < 4.78 is 5.81. The lowest BCUT2D eigenvalue weighted by Gasteiger charge is -2.38. The van der Waals surface area contributed by atoms with Gasteiger partial charge in [0.15, 0.2) is 5.96 Å². The molecule has 0 aromatic carbocycles. The summed E-state index contributed by atoms with van der Waals surface area (Å²) in [6.45, 7) is 17.1. The lowest BCUT2D eigenvalue weighted by Crippen LogP contribution is -2.49. The molecule has 0 spiro atoms. The zero-order valence-corrected chi connectivity index (χ0v) is 17.2. The summed E-state index contributed by atoms with van der Waals surface area (Å²) in [5, 5.41) is 3.52. The van der Waals surface area contributed by atoms with Gasteiger partial charge in [-0.1, -0.05) is 6.42 Å². The molecule has 3 heterocycles. The third-order valence-corrected chi connectivity index (χ3v) is 5.89. The Bertz CT molecular complexity index is 461. The minimum absolute atomic E-state index is 0.0247. The number of nitrogens with zero attached hydrogens (tertiary/aromatic N) is 4. The zero-order valence-electron chi connectivity index (χ0n) is 17.2. The molecule has 0 aliphatic carbocycles. The molecule has 0 radical (unpaired) electrons. The van der Waals surface area contributed by atoms with Crippen LogP contribution in [0.5, 0.6) is 0 Å². The summed E-state index contributed by atoms with van der Waals surface area (Å²) in [5.74, 6) is 1.11. The highest BCUT2D eigenvalue weighted by atomic mass is 16.5. The highest BCUT2D eigenvalue weighted by Crippen LogP contribution is 2.20. The van der Waals surface area contributed by atoms with E-state index in [0.717, 1.165) is 64.4 Å². The minimum atomic E-state index is -0.0247. The molecule has 3 rings (SSSR count). The predicted octanol–water partition coefficient (Wildman–Crippen LogP) is 1.62. The van der Waals surface area contributed by atoms with Crippen LogP contribution in [0.3, 0.4) is 0 Å². The lowest BCUT2D eigenvalue weighted by molar-refractivity contribution is -0.0850. The van der Waals surface area contributed by atoms with Gasteiger partial charge in [0.2, 0.25) is 0 Å². The fraction of sp³-hybridized carbons (Fsp3) is 0.950. The van der Waals surface area contributed by atoms with Crippen LogP contribution >= 0.6 is 0 Å². The summed E-state index contributed by atoms with van der Waals surface area (Å²) in [5.41, 5.74) is -0.0247. The molecule has 150 valence electrons. The smallest absolute Gasteiger partial charge is 0.194 e. The lowest BCUT2D eigenvalue weighted by atomic mass is 10.1. The summed E-state index contributed by atoms with van der Waals surface area (Å²) >= 11 is 0. The standard InChI is InChI=1S/C20H39N5O/c1-4-21-19(22-9-13-23-14-15-26-20(2,3)17-23)25-12-8-18(16-25)24-10-6-5-7-11-24/h18H,4-17H2,1-3H3,(H,21,22). The van der Waals surface area contributed by atoms with Crippen molar-refractivity contribution in [2.75, 3.05) is 65.5 Å². The van der Waals surface area contributed by atoms with Crippen LogP contribution in [-0.2, 0) is 4.74 Å². The van der Waals surface area contributed by atoms with Crippen LogP contribution in [0.1, 0.15) is 46.5 Å². The molecule has 0 aromatic rings. The van der Waals surface area contributed by atoms with E-state index in [1.54, 1.807) is 0 Å². The molecular weight excluding hydrogens is 326 g/mol. The monoisotopic (exact) mass is 365 g/mol. The highest BCUT2D eigenvalue weighted by molar-refractivity contribution is 5.80. The van der Waals surface area contributed by atoms with Crippen molar-refractivity contribution in [3.05, 3.63) is 0 Å². The van der Waals surface area contributed by atoms with Gasteiger partial charge in [0, 0.05) is 45.3 Å². The Kier molecular flexibility index (Phi) is 7.18. The number of hydrogen-bond acceptors (Lipinski definition) is 4. The molecule has 3 aliphatic heterocycles. The summed E-state index contributed by atoms with van der Waals surface area (Å²) in [7, 11) is 0. The predicted molar refractivity (Wildman–Crippen MR) is 108 cm³/mol. The average Bonchev–Trinajstić information content (AvgIpc) is 3.11. The number of piperidine rings is 1. The van der Waals surface area contributed by atoms with E-state index in [4.69, 9.17) is 9.73 Å². The van der Waals surface area contributed by atoms with E-state index in [9.17, 15) is 0 Å². The Morgan fingerprint density at radius 3 is 2.69 bits per heavy atom. The van der Waals surface area contributed by atoms with Crippen molar-refractivity contribution in [1.82, 2.24) is 20.0 Å². The Balaban J connectivity index is 1.49. The fourth-order valence-corrected chi connectivity index (χ4v) is 4.54. The van der Waals surface area contributed by atoms with Crippen molar-refractivity contribution in [1.29, 1.82) is 0 Å². The van der Waals surface area contributed by atoms with Crippen LogP contribution in [0.4, 0.5) is 0 Å². The maximum atomic E-state index is 5.81. The first-order chi connectivity index (χ1) is 12.6. The van der Waals surface area contributed by atoms with Gasteiger partial charge in [0.25, 0.3) is 0 Å². The zero-order chi connectivity index (χ0) is 18.4. The number of guanidine groups is 1. The van der Waals surface area contributed by atoms with Gasteiger partial charge in [0.05, 0.1) is 18.8 Å². The van der Waals surface area contributed by atoms with Crippen LogP contribution < -0.4 is 5.32 Å². The second-order valence-electron chi connectivity index (χ2n) is 8.61. The Morgan fingerprint density at radius 2 is 1.96 bits per heavy atom. The normalized spacial score (nSPS) is 28.5. The quantitative estimate of drug-likeness (QED) is 0.592. The number of hydrogen-bond donors (Lipinski definition) is 1. The number of nitrogens with one attached hydrogen (secondary N) is 1. The van der Waals surface area contributed by atoms with Crippen molar-refractivity contribution in [2.45, 2.75) is 58.1 Å². The molecule has 3 aliphatic rings. The van der Waals surface area contributed by atoms with Crippen LogP contribution in [0.15, 0.2) is 4.99 Å². The molecule has 0 aromatic heterocycles. The van der Waals surface area contributed by atoms with Gasteiger partial charge in [-0.15, -0.1) is 0 Å². The second-order valence-corrected chi connectivity index (χ2v) is 8.61. The fourth-order valence-electron chi connectivity index (χ4n) is 4.54. The maximum absolute atomic E-state index is 5.81. The molecule has 1 unspecified atom stereocenters. The van der Waals surface area contributed by atoms with Gasteiger partial charge < -0.3 is 15.0 Å². The largest absolute Gasteiger partial charge is 0.373 e.